The summed E-state index contributed by atoms with van der Waals surface area (Å²) < 4.78 is 106. The number of esters is 1. The standard InChI is InChI=1S/C44H50F7N5O6/c1-44(2,3)62-43(60)56(24-31-9-10-32(45)21-33(31)46)25-34(57)55-13-5-8-30(23-55)28-6-4-7-29(20-28)42(59)54-18-16-53(17-19-54)22-27-11-14-52(15-12-27)26-35(58)61-41-39(50)37(48)36(47)38(49)40(41)51/h4,6-7,9-10,20-21,27,30H,5,8,11-19,22-26H2,1-3H3. The number of carbonyl (C=O) groups excluding carboxylic acids is 4. The zero-order valence-electron chi connectivity index (χ0n) is 34.8. The Balaban J connectivity index is 0.966. The fraction of sp³-hybridized carbons (Fsp3) is 0.500. The largest absolute Gasteiger partial charge is 0.444 e. The third kappa shape index (κ3) is 11.6. The van der Waals surface area contributed by atoms with Crippen molar-refractivity contribution in [1.82, 2.24) is 24.5 Å². The minimum Gasteiger partial charge on any atom is -0.444 e. The molecule has 0 aliphatic carbocycles. The molecular weight excluding hydrogens is 827 g/mol. The minimum absolute atomic E-state index is 0.0371. The number of nitrogens with zero attached hydrogens (tertiary/aromatic N) is 5. The molecule has 3 amide bonds. The Morgan fingerprint density at radius 3 is 2.05 bits per heavy atom. The lowest BCUT2D eigenvalue weighted by Crippen LogP contribution is -2.50. The van der Waals surface area contributed by atoms with E-state index in [9.17, 15) is 49.9 Å². The number of benzene rings is 3. The van der Waals surface area contributed by atoms with E-state index in [1.165, 1.54) is 6.07 Å². The summed E-state index contributed by atoms with van der Waals surface area (Å²) in [6, 6.07) is 10.4. The fourth-order valence-corrected chi connectivity index (χ4v) is 8.04. The summed E-state index contributed by atoms with van der Waals surface area (Å²) in [6.07, 6.45) is 2.05. The number of hydrogen-bond donors (Lipinski definition) is 0. The van der Waals surface area contributed by atoms with Gasteiger partial charge in [-0.25, -0.2) is 26.7 Å². The lowest BCUT2D eigenvalue weighted by Gasteiger charge is -2.38. The number of piperazine rings is 1. The van der Waals surface area contributed by atoms with Gasteiger partial charge in [0.15, 0.2) is 0 Å². The van der Waals surface area contributed by atoms with E-state index in [1.54, 1.807) is 41.5 Å². The van der Waals surface area contributed by atoms with Gasteiger partial charge in [0.25, 0.3) is 5.91 Å². The highest BCUT2D eigenvalue weighted by molar-refractivity contribution is 5.94. The summed E-state index contributed by atoms with van der Waals surface area (Å²) in [5.41, 5.74) is 0.594. The molecule has 1 atom stereocenters. The molecule has 3 aliphatic rings. The van der Waals surface area contributed by atoms with Crippen LogP contribution in [-0.2, 0) is 20.9 Å². The minimum atomic E-state index is -2.34. The van der Waals surface area contributed by atoms with E-state index in [4.69, 9.17) is 4.74 Å². The zero-order chi connectivity index (χ0) is 44.9. The third-order valence-electron chi connectivity index (χ3n) is 11.4. The number of likely N-dealkylation sites (tertiary alicyclic amines) is 2. The molecule has 3 saturated heterocycles. The van der Waals surface area contributed by atoms with Gasteiger partial charge in [-0.05, 0) is 89.2 Å². The molecule has 6 rings (SSSR count). The molecule has 11 nitrogen and oxygen atoms in total. The van der Waals surface area contributed by atoms with Crippen LogP contribution in [0, 0.1) is 46.6 Å². The first-order valence-corrected chi connectivity index (χ1v) is 20.6. The topological polar surface area (TPSA) is 103 Å². The molecular formula is C44H50F7N5O6. The Morgan fingerprint density at radius 2 is 1.40 bits per heavy atom. The Hall–Kier alpha value is -5.23. The van der Waals surface area contributed by atoms with Gasteiger partial charge in [-0.3, -0.25) is 29.1 Å². The maximum absolute atomic E-state index is 14.6. The average Bonchev–Trinajstić information content (AvgIpc) is 3.24. The Labute approximate surface area is 355 Å². The van der Waals surface area contributed by atoms with Crippen LogP contribution in [0.4, 0.5) is 35.5 Å². The van der Waals surface area contributed by atoms with E-state index in [1.807, 2.05) is 18.2 Å². The van der Waals surface area contributed by atoms with Gasteiger partial charge in [0.2, 0.25) is 40.7 Å². The van der Waals surface area contributed by atoms with Crippen molar-refractivity contribution < 1.29 is 59.4 Å². The van der Waals surface area contributed by atoms with Crippen molar-refractivity contribution in [2.75, 3.05) is 72.0 Å². The molecule has 1 unspecified atom stereocenters. The molecule has 3 aromatic rings. The van der Waals surface area contributed by atoms with Crippen LogP contribution in [0.5, 0.6) is 5.75 Å². The van der Waals surface area contributed by atoms with Crippen LogP contribution in [0.3, 0.4) is 0 Å². The molecule has 3 heterocycles. The van der Waals surface area contributed by atoms with E-state index in [0.29, 0.717) is 77.2 Å². The predicted octanol–water partition coefficient (Wildman–Crippen LogP) is 6.88. The van der Waals surface area contributed by atoms with Gasteiger partial charge in [0.1, 0.15) is 23.8 Å². The van der Waals surface area contributed by atoms with Crippen LogP contribution < -0.4 is 4.74 Å². The summed E-state index contributed by atoms with van der Waals surface area (Å²) in [5.74, 6) is -15.8. The monoisotopic (exact) mass is 877 g/mol. The lowest BCUT2D eigenvalue weighted by molar-refractivity contribution is -0.136. The van der Waals surface area contributed by atoms with Gasteiger partial charge in [0, 0.05) is 68.9 Å². The van der Waals surface area contributed by atoms with E-state index >= 15 is 0 Å². The van der Waals surface area contributed by atoms with Crippen LogP contribution in [0.25, 0.3) is 0 Å². The summed E-state index contributed by atoms with van der Waals surface area (Å²) >= 11 is 0. The maximum atomic E-state index is 14.6. The molecule has 336 valence electrons. The number of ether oxygens (including phenoxy) is 2. The Morgan fingerprint density at radius 1 is 0.742 bits per heavy atom. The van der Waals surface area contributed by atoms with Gasteiger partial charge in [-0.15, -0.1) is 0 Å². The van der Waals surface area contributed by atoms with E-state index in [2.05, 4.69) is 9.64 Å². The highest BCUT2D eigenvalue weighted by Gasteiger charge is 2.33. The molecule has 0 aromatic heterocycles. The molecule has 18 heteroatoms. The maximum Gasteiger partial charge on any atom is 0.411 e. The highest BCUT2D eigenvalue weighted by atomic mass is 19.2. The first kappa shape index (κ1) is 46.3. The molecule has 0 spiro atoms. The summed E-state index contributed by atoms with van der Waals surface area (Å²) in [4.78, 5) is 61.4. The second kappa shape index (κ2) is 19.9. The zero-order valence-corrected chi connectivity index (χ0v) is 34.8. The molecule has 0 bridgehead atoms. The van der Waals surface area contributed by atoms with Crippen molar-refractivity contribution in [3.8, 4) is 5.75 Å². The van der Waals surface area contributed by atoms with Crippen molar-refractivity contribution in [2.45, 2.75) is 64.5 Å². The van der Waals surface area contributed by atoms with Crippen LogP contribution in [0.1, 0.15) is 73.9 Å². The van der Waals surface area contributed by atoms with Crippen LogP contribution in [0.15, 0.2) is 42.5 Å². The van der Waals surface area contributed by atoms with Gasteiger partial charge >= 0.3 is 12.1 Å². The number of piperidine rings is 2. The molecule has 3 aliphatic heterocycles. The quantitative estimate of drug-likeness (QED) is 0.0677. The van der Waals surface area contributed by atoms with Crippen molar-refractivity contribution in [2.24, 2.45) is 5.92 Å². The SMILES string of the molecule is CC(C)(C)OC(=O)N(CC(=O)N1CCCC(c2cccc(C(=O)N3CCN(CC4CCN(CC(=O)Oc5c(F)c(F)c(F)c(F)c5F)CC4)CC3)c2)C1)Cc1ccc(F)cc1F. The fourth-order valence-electron chi connectivity index (χ4n) is 8.04. The normalized spacial score (nSPS) is 18.1. The molecule has 62 heavy (non-hydrogen) atoms. The first-order valence-electron chi connectivity index (χ1n) is 20.6. The van der Waals surface area contributed by atoms with Gasteiger partial charge in [0.05, 0.1) is 13.1 Å². The number of rotatable bonds is 11. The third-order valence-corrected chi connectivity index (χ3v) is 11.4. The van der Waals surface area contributed by atoms with Crippen LogP contribution in [-0.4, -0.2) is 126 Å². The highest BCUT2D eigenvalue weighted by Crippen LogP contribution is 2.31. The van der Waals surface area contributed by atoms with E-state index < -0.39 is 64.1 Å². The lowest BCUT2D eigenvalue weighted by atomic mass is 9.89. The Kier molecular flexibility index (Phi) is 14.8. The van der Waals surface area contributed by atoms with Gasteiger partial charge < -0.3 is 19.3 Å². The number of amides is 3. The molecule has 3 aromatic carbocycles. The van der Waals surface area contributed by atoms with Crippen molar-refractivity contribution in [3.05, 3.63) is 99.9 Å². The number of hydrogen-bond acceptors (Lipinski definition) is 8. The molecule has 0 radical (unpaired) electrons. The van der Waals surface area contributed by atoms with Crippen LogP contribution in [0.2, 0.25) is 0 Å². The summed E-state index contributed by atoms with van der Waals surface area (Å²) in [6.45, 7) is 8.77. The Bertz CT molecular complexity index is 2110. The number of carbonyl (C=O) groups is 4. The molecule has 0 saturated carbocycles. The van der Waals surface area contributed by atoms with Crippen molar-refractivity contribution >= 4 is 23.9 Å². The van der Waals surface area contributed by atoms with Crippen molar-refractivity contribution in [3.63, 3.8) is 0 Å². The predicted molar refractivity (Wildman–Crippen MR) is 211 cm³/mol. The second-order valence-corrected chi connectivity index (χ2v) is 17.1. The van der Waals surface area contributed by atoms with E-state index in [-0.39, 0.29) is 48.8 Å². The van der Waals surface area contributed by atoms with E-state index in [0.717, 1.165) is 35.6 Å². The first-order chi connectivity index (χ1) is 29.4. The summed E-state index contributed by atoms with van der Waals surface area (Å²) in [7, 11) is 0. The van der Waals surface area contributed by atoms with Gasteiger partial charge in [-0.1, -0.05) is 18.2 Å². The van der Waals surface area contributed by atoms with Gasteiger partial charge in [-0.2, -0.15) is 8.78 Å². The molecule has 0 N–H and O–H groups in total. The molecule has 3 fully saturated rings. The van der Waals surface area contributed by atoms with Crippen molar-refractivity contribution in [1.29, 1.82) is 0 Å². The average molecular weight is 878 g/mol. The summed E-state index contributed by atoms with van der Waals surface area (Å²) in [5, 5.41) is 0. The second-order valence-electron chi connectivity index (χ2n) is 17.1. The van der Waals surface area contributed by atoms with Crippen LogP contribution >= 0.6 is 0 Å². The number of halogens is 7. The smallest absolute Gasteiger partial charge is 0.411 e.